The maximum Gasteiger partial charge on any atom is 0.300 e. The van der Waals surface area contributed by atoms with Gasteiger partial charge in [-0.05, 0) is 84.6 Å². The van der Waals surface area contributed by atoms with Gasteiger partial charge in [-0.1, -0.05) is 6.08 Å². The maximum atomic E-state index is 9.00. The number of nitrogens with one attached hydrogen (secondary N) is 2. The van der Waals surface area contributed by atoms with Crippen LogP contribution in [0.15, 0.2) is 60.8 Å². The number of carboxylic acids is 4. The van der Waals surface area contributed by atoms with Crippen LogP contribution in [0.5, 0.6) is 0 Å². The largest absolute Gasteiger partial charge is 0.481 e. The Labute approximate surface area is 270 Å². The summed E-state index contributed by atoms with van der Waals surface area (Å²) in [6.07, 6.45) is 14.7. The van der Waals surface area contributed by atoms with Crippen LogP contribution in [0.2, 0.25) is 0 Å². The second-order valence-electron chi connectivity index (χ2n) is 10.1. The lowest BCUT2D eigenvalue weighted by Crippen LogP contribution is -2.13. The predicted octanol–water partition coefficient (Wildman–Crippen LogP) is 5.86. The summed E-state index contributed by atoms with van der Waals surface area (Å²) in [7, 11) is 2.08. The van der Waals surface area contributed by atoms with Crippen molar-refractivity contribution in [2.75, 3.05) is 13.6 Å². The lowest BCUT2D eigenvalue weighted by molar-refractivity contribution is -0.135. The van der Waals surface area contributed by atoms with Gasteiger partial charge in [0.25, 0.3) is 23.9 Å². The summed E-state index contributed by atoms with van der Waals surface area (Å²) in [5.41, 5.74) is 10.2. The van der Waals surface area contributed by atoms with E-state index in [4.69, 9.17) is 44.6 Å². The number of fused-ring (bicyclic) bond motifs is 8. The van der Waals surface area contributed by atoms with Gasteiger partial charge in [0.05, 0.1) is 22.8 Å². The van der Waals surface area contributed by atoms with Gasteiger partial charge >= 0.3 is 0 Å². The number of H-pyrrole nitrogens is 2. The van der Waals surface area contributed by atoms with Gasteiger partial charge in [0.2, 0.25) is 0 Å². The first kappa shape index (κ1) is 36.9. The maximum absolute atomic E-state index is 9.00. The molecule has 0 saturated heterocycles. The number of allylic oxidation sites excluding steroid dienone is 2. The van der Waals surface area contributed by atoms with Crippen molar-refractivity contribution < 1.29 is 39.6 Å². The Morgan fingerprint density at radius 3 is 1.53 bits per heavy atom. The number of carbonyl (C=O) groups is 4. The first-order chi connectivity index (χ1) is 22.1. The number of hydrogen-bond donors (Lipinski definition) is 6. The van der Waals surface area contributed by atoms with E-state index in [2.05, 4.69) is 81.6 Å². The minimum absolute atomic E-state index is 0.833. The molecule has 0 saturated carbocycles. The zero-order chi connectivity index (χ0) is 35.1. The van der Waals surface area contributed by atoms with Gasteiger partial charge in [0.15, 0.2) is 0 Å². The monoisotopic (exact) mass is 643 g/mol. The Hall–Kier alpha value is -6.24. The highest BCUT2D eigenvalue weighted by Crippen LogP contribution is 2.26. The van der Waals surface area contributed by atoms with Crippen molar-refractivity contribution in [1.29, 1.82) is 0 Å². The third-order valence-corrected chi connectivity index (χ3v) is 5.59. The second kappa shape index (κ2) is 17.9. The van der Waals surface area contributed by atoms with Crippen LogP contribution < -0.4 is 0 Å². The van der Waals surface area contributed by atoms with Crippen molar-refractivity contribution in [1.82, 2.24) is 24.8 Å². The quantitative estimate of drug-likeness (QED) is 0.127. The minimum Gasteiger partial charge on any atom is -0.481 e. The van der Waals surface area contributed by atoms with Crippen molar-refractivity contribution in [2.45, 2.75) is 27.7 Å². The first-order valence-electron chi connectivity index (χ1n) is 14.1. The number of aliphatic carboxylic acids is 4. The summed E-state index contributed by atoms with van der Waals surface area (Å²) >= 11 is 0. The molecule has 246 valence electrons. The molecule has 3 aromatic rings. The summed E-state index contributed by atoms with van der Waals surface area (Å²) in [6.45, 7) is 5.23. The van der Waals surface area contributed by atoms with Crippen molar-refractivity contribution >= 4 is 75.8 Å². The Bertz CT molecular complexity index is 1830. The Morgan fingerprint density at radius 2 is 1.06 bits per heavy atom. The molecule has 0 fully saturated rings. The fourth-order valence-corrected chi connectivity index (χ4v) is 4.04. The summed E-state index contributed by atoms with van der Waals surface area (Å²) in [5.74, 6) is -3.33. The summed E-state index contributed by atoms with van der Waals surface area (Å²) < 4.78 is 0. The molecule has 6 heterocycles. The van der Waals surface area contributed by atoms with Crippen LogP contribution in [0.25, 0.3) is 51.9 Å². The molecule has 0 spiro atoms. The molecule has 0 aromatic carbocycles. The summed E-state index contributed by atoms with van der Waals surface area (Å²) in [6, 6.07) is 14.7. The van der Waals surface area contributed by atoms with E-state index in [0.29, 0.717) is 0 Å². The van der Waals surface area contributed by atoms with Gasteiger partial charge in [-0.2, -0.15) is 0 Å². The molecule has 0 amide bonds. The van der Waals surface area contributed by atoms with Crippen molar-refractivity contribution in [3.63, 3.8) is 0 Å². The number of rotatable bonds is 1. The third kappa shape index (κ3) is 14.4. The number of aromatic amines is 2. The van der Waals surface area contributed by atoms with E-state index in [1.165, 1.54) is 11.1 Å². The molecule has 0 unspecified atom stereocenters. The molecular formula is C34H37N5O8. The summed E-state index contributed by atoms with van der Waals surface area (Å²) in [4.78, 5) is 54.7. The Kier molecular flexibility index (Phi) is 14.1. The molecule has 8 bridgehead atoms. The van der Waals surface area contributed by atoms with Gasteiger partial charge < -0.3 is 35.3 Å². The van der Waals surface area contributed by atoms with E-state index in [-0.39, 0.29) is 0 Å². The highest BCUT2D eigenvalue weighted by molar-refractivity contribution is 5.89. The van der Waals surface area contributed by atoms with Crippen LogP contribution >= 0.6 is 0 Å². The molecule has 47 heavy (non-hydrogen) atoms. The van der Waals surface area contributed by atoms with Crippen LogP contribution in [-0.2, 0) is 19.2 Å². The minimum atomic E-state index is -0.833. The first-order valence-corrected chi connectivity index (χ1v) is 14.1. The van der Waals surface area contributed by atoms with Gasteiger partial charge in [-0.25, -0.2) is 9.97 Å². The van der Waals surface area contributed by atoms with E-state index in [0.717, 1.165) is 79.1 Å². The predicted molar refractivity (Wildman–Crippen MR) is 182 cm³/mol. The van der Waals surface area contributed by atoms with E-state index < -0.39 is 23.9 Å². The molecule has 6 N–H and O–H groups in total. The molecule has 13 nitrogen and oxygen atoms in total. The molecular weight excluding hydrogens is 606 g/mol. The molecule has 3 aliphatic heterocycles. The Morgan fingerprint density at radius 1 is 0.617 bits per heavy atom. The van der Waals surface area contributed by atoms with E-state index in [1.54, 1.807) is 0 Å². The Balaban J connectivity index is 0.000000405. The lowest BCUT2D eigenvalue weighted by atomic mass is 10.0. The van der Waals surface area contributed by atoms with Gasteiger partial charge in [0.1, 0.15) is 0 Å². The van der Waals surface area contributed by atoms with Crippen LogP contribution in [-0.4, -0.2) is 82.7 Å². The molecule has 13 heteroatoms. The SMILES string of the molecule is CC(=O)O.CC(=O)O.CC(=O)O.CC(=O)O.CN1C=CC(c2cc3cc4ccc(cc5nc(cc6nc(cc2[nH]3)C=C6)C=C5)[nH]4)=CC1. The number of hydrogen-bond acceptors (Lipinski definition) is 7. The van der Waals surface area contributed by atoms with Crippen LogP contribution in [0.3, 0.4) is 0 Å². The number of aromatic nitrogens is 4. The number of carboxylic acid groups (broad SMARTS) is 4. The van der Waals surface area contributed by atoms with E-state index in [1.807, 2.05) is 30.4 Å². The molecule has 3 aromatic heterocycles. The molecule has 6 rings (SSSR count). The highest BCUT2D eigenvalue weighted by Gasteiger charge is 2.09. The molecule has 0 atom stereocenters. The van der Waals surface area contributed by atoms with Crippen molar-refractivity contribution in [2.24, 2.45) is 0 Å². The fourth-order valence-electron chi connectivity index (χ4n) is 4.04. The summed E-state index contributed by atoms with van der Waals surface area (Å²) in [5, 5.41) is 29.7. The van der Waals surface area contributed by atoms with Crippen molar-refractivity contribution in [3.05, 3.63) is 89.2 Å². The lowest BCUT2D eigenvalue weighted by Gasteiger charge is -2.16. The smallest absolute Gasteiger partial charge is 0.300 e. The van der Waals surface area contributed by atoms with Gasteiger partial charge in [-0.15, -0.1) is 0 Å². The van der Waals surface area contributed by atoms with Crippen LogP contribution in [0.4, 0.5) is 0 Å². The standard InChI is InChI=1S/C26H21N5.4C2H4O2/c1-31-10-8-17(9-11-31)25-15-24-14-22-5-4-20(28-22)12-18-2-3-19(27-18)13-21-6-7-23(29-21)16-26(25)30-24;4*1-2(3)4/h2-10,12-16,28,30H,11H2,1H3;4*1H3,(H,3,4). The molecule has 3 aliphatic rings. The average Bonchev–Trinajstić information content (AvgIpc) is 3.74. The van der Waals surface area contributed by atoms with E-state index in [9.17, 15) is 0 Å². The van der Waals surface area contributed by atoms with Crippen LogP contribution in [0.1, 0.15) is 56.0 Å². The number of nitrogens with zero attached hydrogens (tertiary/aromatic N) is 3. The van der Waals surface area contributed by atoms with Gasteiger partial charge in [-0.3, -0.25) is 19.2 Å². The zero-order valence-electron chi connectivity index (χ0n) is 26.6. The number of likely N-dealkylation sites (N-methyl/N-ethyl adjacent to an activating group) is 1. The van der Waals surface area contributed by atoms with Crippen molar-refractivity contribution in [3.8, 4) is 0 Å². The van der Waals surface area contributed by atoms with Crippen LogP contribution in [0, 0.1) is 0 Å². The topological polar surface area (TPSA) is 210 Å². The highest BCUT2D eigenvalue weighted by atomic mass is 16.4. The third-order valence-electron chi connectivity index (χ3n) is 5.59. The van der Waals surface area contributed by atoms with Gasteiger partial charge in [0, 0.05) is 68.9 Å². The zero-order valence-corrected chi connectivity index (χ0v) is 26.6. The average molecular weight is 644 g/mol. The van der Waals surface area contributed by atoms with E-state index >= 15 is 0 Å². The fraction of sp³-hybridized carbons (Fsp3) is 0.176. The second-order valence-corrected chi connectivity index (χ2v) is 10.1. The molecule has 0 radical (unpaired) electrons. The molecule has 0 aliphatic carbocycles. The normalized spacial score (nSPS) is 11.9.